The smallest absolute Gasteiger partial charge is 0.216 e. The fourth-order valence-corrected chi connectivity index (χ4v) is 3.84. The minimum Gasteiger partial charge on any atom is -0.380 e. The van der Waals surface area contributed by atoms with Crippen molar-refractivity contribution < 1.29 is 13.2 Å². The maximum absolute atomic E-state index is 12.2. The molecule has 0 aromatic heterocycles. The summed E-state index contributed by atoms with van der Waals surface area (Å²) in [6.07, 6.45) is 0. The standard InChI is InChI=1S/C18H32N4O3S/c1-5-19-18(20-11-12-25-6-2)21-13-16-9-7-8-10-17(16)14-26(23,24)22-15(3)4/h7-10,15,22H,5-6,11-14H2,1-4H3,(H2,19,20,21). The molecule has 0 heterocycles. The molecular formula is C18H32N4O3S. The Morgan fingerprint density at radius 1 is 1.15 bits per heavy atom. The van der Waals surface area contributed by atoms with E-state index < -0.39 is 10.0 Å². The molecule has 0 aliphatic heterocycles. The number of benzene rings is 1. The largest absolute Gasteiger partial charge is 0.380 e. The molecule has 0 spiro atoms. The van der Waals surface area contributed by atoms with Gasteiger partial charge in [-0.3, -0.25) is 0 Å². The van der Waals surface area contributed by atoms with E-state index in [1.807, 2.05) is 52.0 Å². The van der Waals surface area contributed by atoms with Crippen molar-refractivity contribution in [2.24, 2.45) is 4.99 Å². The van der Waals surface area contributed by atoms with E-state index in [9.17, 15) is 8.42 Å². The molecule has 26 heavy (non-hydrogen) atoms. The SMILES string of the molecule is CCNC(=NCc1ccccc1CS(=O)(=O)NC(C)C)NCCOCC. The van der Waals surface area contributed by atoms with Crippen molar-refractivity contribution in [1.29, 1.82) is 0 Å². The molecule has 0 aliphatic carbocycles. The van der Waals surface area contributed by atoms with Gasteiger partial charge in [-0.05, 0) is 38.8 Å². The van der Waals surface area contributed by atoms with Gasteiger partial charge in [0, 0.05) is 25.7 Å². The van der Waals surface area contributed by atoms with Crippen molar-refractivity contribution in [3.8, 4) is 0 Å². The number of nitrogens with zero attached hydrogens (tertiary/aromatic N) is 1. The number of rotatable bonds is 11. The fourth-order valence-electron chi connectivity index (χ4n) is 2.35. The third-order valence-corrected chi connectivity index (χ3v) is 4.90. The summed E-state index contributed by atoms with van der Waals surface area (Å²) in [6, 6.07) is 7.36. The van der Waals surface area contributed by atoms with Crippen LogP contribution < -0.4 is 15.4 Å². The molecular weight excluding hydrogens is 352 g/mol. The van der Waals surface area contributed by atoms with Crippen LogP contribution in [0.1, 0.15) is 38.8 Å². The number of hydrogen-bond acceptors (Lipinski definition) is 4. The first-order valence-corrected chi connectivity index (χ1v) is 10.7. The van der Waals surface area contributed by atoms with Crippen LogP contribution in [0.25, 0.3) is 0 Å². The van der Waals surface area contributed by atoms with Crippen molar-refractivity contribution >= 4 is 16.0 Å². The lowest BCUT2D eigenvalue weighted by Crippen LogP contribution is -2.39. The van der Waals surface area contributed by atoms with Gasteiger partial charge >= 0.3 is 0 Å². The molecule has 0 aliphatic rings. The van der Waals surface area contributed by atoms with E-state index in [0.717, 1.165) is 17.7 Å². The van der Waals surface area contributed by atoms with E-state index in [0.29, 0.717) is 32.3 Å². The topological polar surface area (TPSA) is 91.8 Å². The first kappa shape index (κ1) is 22.4. The molecule has 3 N–H and O–H groups in total. The quantitative estimate of drug-likeness (QED) is 0.306. The average Bonchev–Trinajstić information content (AvgIpc) is 2.56. The highest BCUT2D eigenvalue weighted by molar-refractivity contribution is 7.88. The van der Waals surface area contributed by atoms with Crippen LogP contribution in [0, 0.1) is 0 Å². The molecule has 0 atom stereocenters. The molecule has 148 valence electrons. The Balaban J connectivity index is 2.81. The summed E-state index contributed by atoms with van der Waals surface area (Å²) in [5.74, 6) is 0.635. The molecule has 1 rings (SSSR count). The van der Waals surface area contributed by atoms with Gasteiger partial charge in [0.25, 0.3) is 0 Å². The Morgan fingerprint density at radius 3 is 2.46 bits per heavy atom. The van der Waals surface area contributed by atoms with Crippen LogP contribution >= 0.6 is 0 Å². The molecule has 8 heteroatoms. The van der Waals surface area contributed by atoms with Crippen LogP contribution in [-0.2, 0) is 27.1 Å². The summed E-state index contributed by atoms with van der Waals surface area (Å²) in [7, 11) is -3.37. The molecule has 0 radical (unpaired) electrons. The van der Waals surface area contributed by atoms with Crippen molar-refractivity contribution in [3.63, 3.8) is 0 Å². The summed E-state index contributed by atoms with van der Waals surface area (Å²) >= 11 is 0. The summed E-state index contributed by atoms with van der Waals surface area (Å²) < 4.78 is 32.4. The van der Waals surface area contributed by atoms with Crippen LogP contribution in [0.4, 0.5) is 0 Å². The van der Waals surface area contributed by atoms with E-state index in [1.165, 1.54) is 0 Å². The van der Waals surface area contributed by atoms with Gasteiger partial charge in [-0.15, -0.1) is 0 Å². The van der Waals surface area contributed by atoms with Crippen molar-refractivity contribution in [2.75, 3.05) is 26.3 Å². The Morgan fingerprint density at radius 2 is 1.85 bits per heavy atom. The summed E-state index contributed by atoms with van der Waals surface area (Å²) in [5, 5.41) is 6.38. The highest BCUT2D eigenvalue weighted by Gasteiger charge is 2.15. The lowest BCUT2D eigenvalue weighted by molar-refractivity contribution is 0.152. The Bertz CT molecular complexity index is 660. The highest BCUT2D eigenvalue weighted by atomic mass is 32.2. The minimum atomic E-state index is -3.37. The van der Waals surface area contributed by atoms with Gasteiger partial charge in [-0.1, -0.05) is 24.3 Å². The van der Waals surface area contributed by atoms with Crippen LogP contribution in [0.15, 0.2) is 29.3 Å². The van der Waals surface area contributed by atoms with E-state index in [-0.39, 0.29) is 11.8 Å². The van der Waals surface area contributed by atoms with E-state index >= 15 is 0 Å². The number of aliphatic imine (C=N–C) groups is 1. The van der Waals surface area contributed by atoms with Crippen molar-refractivity contribution in [1.82, 2.24) is 15.4 Å². The molecule has 0 amide bonds. The predicted octanol–water partition coefficient (Wildman–Crippen LogP) is 1.61. The number of sulfonamides is 1. The second-order valence-electron chi connectivity index (χ2n) is 6.12. The number of nitrogens with one attached hydrogen (secondary N) is 3. The zero-order chi connectivity index (χ0) is 19.4. The molecule has 0 saturated heterocycles. The van der Waals surface area contributed by atoms with E-state index in [4.69, 9.17) is 4.74 Å². The highest BCUT2D eigenvalue weighted by Crippen LogP contribution is 2.13. The monoisotopic (exact) mass is 384 g/mol. The second-order valence-corrected chi connectivity index (χ2v) is 7.87. The molecule has 0 bridgehead atoms. The third-order valence-electron chi connectivity index (χ3n) is 3.37. The Labute approximate surface area is 157 Å². The van der Waals surface area contributed by atoms with Crippen molar-refractivity contribution in [3.05, 3.63) is 35.4 Å². The predicted molar refractivity (Wildman–Crippen MR) is 107 cm³/mol. The third kappa shape index (κ3) is 9.17. The minimum absolute atomic E-state index is 0.0504. The maximum atomic E-state index is 12.2. The molecule has 1 aromatic rings. The number of guanidine groups is 1. The molecule has 0 fully saturated rings. The van der Waals surface area contributed by atoms with Gasteiger partial charge < -0.3 is 15.4 Å². The lowest BCUT2D eigenvalue weighted by atomic mass is 10.1. The van der Waals surface area contributed by atoms with E-state index in [2.05, 4.69) is 20.3 Å². The molecule has 0 unspecified atom stereocenters. The van der Waals surface area contributed by atoms with E-state index in [1.54, 1.807) is 0 Å². The molecule has 7 nitrogen and oxygen atoms in total. The summed E-state index contributed by atoms with van der Waals surface area (Å²) in [5.41, 5.74) is 1.65. The summed E-state index contributed by atoms with van der Waals surface area (Å²) in [6.45, 7) is 10.7. The van der Waals surface area contributed by atoms with Crippen LogP contribution in [0.5, 0.6) is 0 Å². The Hall–Kier alpha value is -1.64. The fraction of sp³-hybridized carbons (Fsp3) is 0.611. The first-order valence-electron chi connectivity index (χ1n) is 9.04. The summed E-state index contributed by atoms with van der Waals surface area (Å²) in [4.78, 5) is 4.56. The zero-order valence-electron chi connectivity index (χ0n) is 16.2. The van der Waals surface area contributed by atoms with Gasteiger partial charge in [0.2, 0.25) is 10.0 Å². The van der Waals surface area contributed by atoms with Gasteiger partial charge in [-0.25, -0.2) is 18.1 Å². The maximum Gasteiger partial charge on any atom is 0.216 e. The van der Waals surface area contributed by atoms with Crippen LogP contribution in [0.3, 0.4) is 0 Å². The van der Waals surface area contributed by atoms with Gasteiger partial charge in [0.1, 0.15) is 0 Å². The van der Waals surface area contributed by atoms with Crippen LogP contribution in [-0.4, -0.2) is 46.7 Å². The number of ether oxygens (including phenoxy) is 1. The zero-order valence-corrected chi connectivity index (χ0v) is 17.0. The second kappa shape index (κ2) is 11.9. The Kier molecular flexibility index (Phi) is 10.2. The average molecular weight is 385 g/mol. The van der Waals surface area contributed by atoms with Crippen molar-refractivity contribution in [2.45, 2.75) is 46.0 Å². The van der Waals surface area contributed by atoms with Crippen LogP contribution in [0.2, 0.25) is 0 Å². The normalized spacial score (nSPS) is 12.4. The molecule has 1 aromatic carbocycles. The first-order chi connectivity index (χ1) is 12.4. The molecule has 0 saturated carbocycles. The number of hydrogen-bond donors (Lipinski definition) is 3. The lowest BCUT2D eigenvalue weighted by Gasteiger charge is -2.13. The van der Waals surface area contributed by atoms with Gasteiger partial charge in [0.15, 0.2) is 5.96 Å². The van der Waals surface area contributed by atoms with Gasteiger partial charge in [0.05, 0.1) is 18.9 Å². The van der Waals surface area contributed by atoms with Gasteiger partial charge in [-0.2, -0.15) is 0 Å².